The average molecular weight is 216 g/mol. The number of carbonyl (C=O) groups excluding carboxylic acids is 1. The lowest BCUT2D eigenvalue weighted by molar-refractivity contribution is -0.136. The molecule has 0 amide bonds. The van der Waals surface area contributed by atoms with Crippen LogP contribution in [-0.4, -0.2) is 27.4 Å². The second kappa shape index (κ2) is 4.82. The summed E-state index contributed by atoms with van der Waals surface area (Å²) in [5, 5.41) is 8.37. The smallest absolute Gasteiger partial charge is 0.316 e. The predicted molar refractivity (Wildman–Crippen MR) is 56.5 cm³/mol. The third kappa shape index (κ3) is 2.74. The summed E-state index contributed by atoms with van der Waals surface area (Å²) in [5.41, 5.74) is 0. The lowest BCUT2D eigenvalue weighted by atomic mass is 10.0. The fourth-order valence-electron chi connectivity index (χ4n) is 1.59. The number of hydrogen-bond acceptors (Lipinski definition) is 3. The van der Waals surface area contributed by atoms with E-state index < -0.39 is 5.97 Å². The Morgan fingerprint density at radius 1 is 1.29 bits per heavy atom. The third-order valence-corrected chi connectivity index (χ3v) is 3.99. The van der Waals surface area contributed by atoms with E-state index in [4.69, 9.17) is 5.11 Å². The van der Waals surface area contributed by atoms with Crippen LogP contribution in [0.3, 0.4) is 0 Å². The molecular weight excluding hydrogens is 200 g/mol. The van der Waals surface area contributed by atoms with Gasteiger partial charge in [-0.05, 0) is 12.8 Å². The van der Waals surface area contributed by atoms with Crippen LogP contribution in [0.2, 0.25) is 0 Å². The quantitative estimate of drug-likeness (QED) is 0.783. The standard InChI is InChI=1S/C10H16O3S/c1-6(2)9(11)7-4-3-5-8(14-7)10(12)13/h6-8H,3-5H2,1-2H3,(H,12,13). The van der Waals surface area contributed by atoms with Gasteiger partial charge in [-0.1, -0.05) is 20.3 Å². The molecule has 1 heterocycles. The van der Waals surface area contributed by atoms with Gasteiger partial charge in [-0.2, -0.15) is 0 Å². The number of carboxylic acid groups (broad SMARTS) is 1. The molecule has 0 saturated carbocycles. The molecule has 3 nitrogen and oxygen atoms in total. The lowest BCUT2D eigenvalue weighted by Gasteiger charge is -2.26. The summed E-state index contributed by atoms with van der Waals surface area (Å²) in [6.07, 6.45) is 2.39. The van der Waals surface area contributed by atoms with Crippen LogP contribution in [0.25, 0.3) is 0 Å². The van der Waals surface area contributed by atoms with Crippen molar-refractivity contribution in [2.45, 2.75) is 43.6 Å². The highest BCUT2D eigenvalue weighted by Crippen LogP contribution is 2.33. The van der Waals surface area contributed by atoms with E-state index in [-0.39, 0.29) is 22.2 Å². The molecule has 80 valence electrons. The Hall–Kier alpha value is -0.510. The van der Waals surface area contributed by atoms with E-state index in [1.807, 2.05) is 13.8 Å². The summed E-state index contributed by atoms with van der Waals surface area (Å²) in [6, 6.07) is 0. The fraction of sp³-hybridized carbons (Fsp3) is 0.800. The highest BCUT2D eigenvalue weighted by atomic mass is 32.2. The Balaban J connectivity index is 2.56. The van der Waals surface area contributed by atoms with Gasteiger partial charge in [0.25, 0.3) is 0 Å². The molecule has 1 fully saturated rings. The molecule has 2 unspecified atom stereocenters. The number of aliphatic carboxylic acids is 1. The maximum Gasteiger partial charge on any atom is 0.316 e. The van der Waals surface area contributed by atoms with Crippen LogP contribution in [0.4, 0.5) is 0 Å². The van der Waals surface area contributed by atoms with Crippen molar-refractivity contribution in [3.63, 3.8) is 0 Å². The molecule has 2 atom stereocenters. The lowest BCUT2D eigenvalue weighted by Crippen LogP contribution is -2.31. The van der Waals surface area contributed by atoms with Crippen LogP contribution in [0.15, 0.2) is 0 Å². The van der Waals surface area contributed by atoms with E-state index in [2.05, 4.69) is 0 Å². The molecule has 1 aliphatic rings. The van der Waals surface area contributed by atoms with Crippen molar-refractivity contribution in [2.24, 2.45) is 5.92 Å². The van der Waals surface area contributed by atoms with Crippen molar-refractivity contribution in [3.8, 4) is 0 Å². The van der Waals surface area contributed by atoms with Crippen LogP contribution in [0.1, 0.15) is 33.1 Å². The van der Waals surface area contributed by atoms with Crippen molar-refractivity contribution < 1.29 is 14.7 Å². The molecule has 0 spiro atoms. The number of thioether (sulfide) groups is 1. The molecule has 0 aromatic rings. The molecule has 0 aliphatic carbocycles. The molecule has 4 heteroatoms. The van der Waals surface area contributed by atoms with E-state index in [1.54, 1.807) is 0 Å². The topological polar surface area (TPSA) is 54.4 Å². The number of carboxylic acids is 1. The van der Waals surface area contributed by atoms with Gasteiger partial charge >= 0.3 is 5.97 Å². The van der Waals surface area contributed by atoms with Crippen LogP contribution in [-0.2, 0) is 9.59 Å². The van der Waals surface area contributed by atoms with Gasteiger partial charge in [0.05, 0.1) is 5.25 Å². The molecule has 1 saturated heterocycles. The van der Waals surface area contributed by atoms with Crippen LogP contribution >= 0.6 is 11.8 Å². The second-order valence-electron chi connectivity index (χ2n) is 3.94. The first-order valence-corrected chi connectivity index (χ1v) is 5.88. The number of rotatable bonds is 3. The fourth-order valence-corrected chi connectivity index (χ4v) is 3.11. The first kappa shape index (κ1) is 11.6. The molecule has 1 N–H and O–H groups in total. The summed E-state index contributed by atoms with van der Waals surface area (Å²) in [7, 11) is 0. The molecule has 14 heavy (non-hydrogen) atoms. The first-order valence-electron chi connectivity index (χ1n) is 4.94. The minimum atomic E-state index is -0.781. The number of Topliss-reactive ketones (excluding diaryl/α,β-unsaturated/α-hetero) is 1. The van der Waals surface area contributed by atoms with Crippen LogP contribution in [0.5, 0.6) is 0 Å². The van der Waals surface area contributed by atoms with Gasteiger partial charge in [0.1, 0.15) is 11.0 Å². The van der Waals surface area contributed by atoms with E-state index >= 15 is 0 Å². The SMILES string of the molecule is CC(C)C(=O)C1CCCC(C(=O)O)S1. The highest BCUT2D eigenvalue weighted by molar-refractivity contribution is 8.01. The largest absolute Gasteiger partial charge is 0.480 e. The van der Waals surface area contributed by atoms with E-state index in [9.17, 15) is 9.59 Å². The van der Waals surface area contributed by atoms with Crippen molar-refractivity contribution in [2.75, 3.05) is 0 Å². The van der Waals surface area contributed by atoms with Crippen LogP contribution < -0.4 is 0 Å². The van der Waals surface area contributed by atoms with Gasteiger partial charge in [-0.15, -0.1) is 11.8 Å². The number of carbonyl (C=O) groups is 2. The third-order valence-electron chi connectivity index (χ3n) is 2.42. The molecule has 0 radical (unpaired) electrons. The normalized spacial score (nSPS) is 27.6. The summed E-state index contributed by atoms with van der Waals surface area (Å²) < 4.78 is 0. The Bertz CT molecular complexity index is 238. The van der Waals surface area contributed by atoms with Crippen molar-refractivity contribution >= 4 is 23.5 Å². The highest BCUT2D eigenvalue weighted by Gasteiger charge is 2.32. The first-order chi connectivity index (χ1) is 6.52. The summed E-state index contributed by atoms with van der Waals surface area (Å²) in [4.78, 5) is 22.4. The number of ketones is 1. The second-order valence-corrected chi connectivity index (χ2v) is 5.35. The molecule has 0 bridgehead atoms. The Morgan fingerprint density at radius 2 is 1.86 bits per heavy atom. The summed E-state index contributed by atoms with van der Waals surface area (Å²) in [6.45, 7) is 3.74. The molecule has 1 aliphatic heterocycles. The van der Waals surface area contributed by atoms with Crippen molar-refractivity contribution in [1.29, 1.82) is 0 Å². The number of hydrogen-bond donors (Lipinski definition) is 1. The van der Waals surface area contributed by atoms with Gasteiger partial charge in [-0.25, -0.2) is 0 Å². The summed E-state index contributed by atoms with van der Waals surface area (Å²) in [5.74, 6) is -0.572. The van der Waals surface area contributed by atoms with E-state index in [0.717, 1.165) is 12.8 Å². The average Bonchev–Trinajstić information content (AvgIpc) is 2.16. The maximum absolute atomic E-state index is 11.7. The Labute approximate surface area is 88.3 Å². The zero-order chi connectivity index (χ0) is 10.7. The van der Waals surface area contributed by atoms with Gasteiger partial charge < -0.3 is 5.11 Å². The van der Waals surface area contributed by atoms with Crippen molar-refractivity contribution in [1.82, 2.24) is 0 Å². The van der Waals surface area contributed by atoms with E-state index in [0.29, 0.717) is 6.42 Å². The Morgan fingerprint density at radius 3 is 2.36 bits per heavy atom. The van der Waals surface area contributed by atoms with Gasteiger partial charge in [-0.3, -0.25) is 9.59 Å². The molecule has 0 aromatic carbocycles. The van der Waals surface area contributed by atoms with E-state index in [1.165, 1.54) is 11.8 Å². The van der Waals surface area contributed by atoms with Gasteiger partial charge in [0.2, 0.25) is 0 Å². The van der Waals surface area contributed by atoms with Crippen LogP contribution in [0, 0.1) is 5.92 Å². The maximum atomic E-state index is 11.7. The monoisotopic (exact) mass is 216 g/mol. The summed E-state index contributed by atoms with van der Waals surface area (Å²) >= 11 is 1.33. The molecule has 0 aromatic heterocycles. The Kier molecular flexibility index (Phi) is 3.98. The minimum Gasteiger partial charge on any atom is -0.480 e. The van der Waals surface area contributed by atoms with Gasteiger partial charge in [0, 0.05) is 5.92 Å². The predicted octanol–water partition coefficient (Wildman–Crippen LogP) is 1.95. The molecule has 1 rings (SSSR count). The van der Waals surface area contributed by atoms with Gasteiger partial charge in [0.15, 0.2) is 0 Å². The van der Waals surface area contributed by atoms with Crippen molar-refractivity contribution in [3.05, 3.63) is 0 Å². The zero-order valence-electron chi connectivity index (χ0n) is 8.53. The molecular formula is C10H16O3S. The minimum absolute atomic E-state index is 0.0139. The zero-order valence-corrected chi connectivity index (χ0v) is 9.34.